The summed E-state index contributed by atoms with van der Waals surface area (Å²) in [6, 6.07) is 4.09. The first-order valence-electron chi connectivity index (χ1n) is 8.35. The van der Waals surface area contributed by atoms with Crippen LogP contribution in [-0.4, -0.2) is 53.2 Å². The van der Waals surface area contributed by atoms with E-state index in [1.165, 1.54) is 0 Å². The van der Waals surface area contributed by atoms with Crippen LogP contribution in [0.15, 0.2) is 18.3 Å². The lowest BCUT2D eigenvalue weighted by atomic mass is 9.90. The van der Waals surface area contributed by atoms with Crippen LogP contribution in [0, 0.1) is 5.92 Å². The smallest absolute Gasteiger partial charge is 0.249 e. The minimum atomic E-state index is -0.868. The lowest BCUT2D eigenvalue weighted by Gasteiger charge is -2.33. The molecule has 1 aromatic rings. The minimum absolute atomic E-state index is 0.0586. The van der Waals surface area contributed by atoms with Gasteiger partial charge in [-0.1, -0.05) is 0 Å². The van der Waals surface area contributed by atoms with Gasteiger partial charge in [0.1, 0.15) is 11.9 Å². The number of aromatic nitrogens is 1. The number of aliphatic hydroxyl groups excluding tert-OH is 1. The number of methoxy groups -OCH3 is 1. The molecule has 126 valence electrons. The number of rotatable bonds is 6. The number of amides is 1. The lowest BCUT2D eigenvalue weighted by Crippen LogP contribution is -2.45. The van der Waals surface area contributed by atoms with Crippen LogP contribution in [0.1, 0.15) is 31.4 Å². The maximum atomic E-state index is 11.9. The van der Waals surface area contributed by atoms with Gasteiger partial charge in [0.25, 0.3) is 0 Å². The van der Waals surface area contributed by atoms with Crippen molar-refractivity contribution in [3.05, 3.63) is 24.0 Å². The fourth-order valence-corrected chi connectivity index (χ4v) is 3.05. The molecule has 2 fully saturated rings. The number of aliphatic hydroxyl groups is 1. The van der Waals surface area contributed by atoms with Crippen LogP contribution in [0.2, 0.25) is 0 Å². The van der Waals surface area contributed by atoms with Gasteiger partial charge in [-0.05, 0) is 50.8 Å². The van der Waals surface area contributed by atoms with Gasteiger partial charge in [-0.2, -0.15) is 0 Å². The molecular formula is C17H25N3O3. The molecule has 1 aromatic heterocycles. The molecular weight excluding hydrogens is 294 g/mol. The highest BCUT2D eigenvalue weighted by atomic mass is 16.5. The van der Waals surface area contributed by atoms with Crippen LogP contribution >= 0.6 is 0 Å². The van der Waals surface area contributed by atoms with Gasteiger partial charge < -0.3 is 15.2 Å². The third-order valence-corrected chi connectivity index (χ3v) is 4.68. The molecule has 1 atom stereocenters. The average molecular weight is 319 g/mol. The number of carbonyl (C=O) groups excluding carboxylic acids is 1. The van der Waals surface area contributed by atoms with E-state index in [1.54, 1.807) is 13.3 Å². The maximum Gasteiger partial charge on any atom is 0.249 e. The summed E-state index contributed by atoms with van der Waals surface area (Å²) in [5.41, 5.74) is 0.981. The van der Waals surface area contributed by atoms with Crippen molar-refractivity contribution in [2.24, 2.45) is 5.92 Å². The predicted molar refractivity (Wildman–Crippen MR) is 86.0 cm³/mol. The first-order chi connectivity index (χ1) is 11.2. The Hall–Kier alpha value is -1.66. The largest absolute Gasteiger partial charge is 0.497 e. The number of carbonyl (C=O) groups is 1. The molecule has 3 rings (SSSR count). The first kappa shape index (κ1) is 16.2. The first-order valence-corrected chi connectivity index (χ1v) is 8.35. The molecule has 1 amide bonds. The predicted octanol–water partition coefficient (Wildman–Crippen LogP) is 0.942. The summed E-state index contributed by atoms with van der Waals surface area (Å²) in [5.74, 6) is 0.681. The summed E-state index contributed by atoms with van der Waals surface area (Å²) < 4.78 is 5.22. The lowest BCUT2D eigenvalue weighted by molar-refractivity contribution is -0.133. The van der Waals surface area contributed by atoms with E-state index < -0.39 is 6.10 Å². The Morgan fingerprint density at radius 2 is 2.17 bits per heavy atom. The molecule has 0 bridgehead atoms. The highest BCUT2D eigenvalue weighted by molar-refractivity contribution is 5.81. The van der Waals surface area contributed by atoms with Gasteiger partial charge in [-0.25, -0.2) is 0 Å². The van der Waals surface area contributed by atoms with Crippen molar-refractivity contribution in [2.75, 3.05) is 20.2 Å². The molecule has 2 N–H and O–H groups in total. The molecule has 2 aliphatic rings. The van der Waals surface area contributed by atoms with Gasteiger partial charge in [0, 0.05) is 24.8 Å². The topological polar surface area (TPSA) is 74.7 Å². The van der Waals surface area contributed by atoms with Gasteiger partial charge in [-0.15, -0.1) is 0 Å². The zero-order chi connectivity index (χ0) is 16.2. The van der Waals surface area contributed by atoms with E-state index in [1.807, 2.05) is 12.1 Å². The van der Waals surface area contributed by atoms with Gasteiger partial charge >= 0.3 is 0 Å². The van der Waals surface area contributed by atoms with Crippen molar-refractivity contribution in [3.8, 4) is 5.75 Å². The van der Waals surface area contributed by atoms with Crippen LogP contribution in [0.4, 0.5) is 0 Å². The highest BCUT2D eigenvalue weighted by Gasteiger charge is 2.32. The van der Waals surface area contributed by atoms with Gasteiger partial charge in [0.05, 0.1) is 12.8 Å². The Bertz CT molecular complexity index is 540. The van der Waals surface area contributed by atoms with Crippen LogP contribution in [-0.2, 0) is 11.3 Å². The number of nitrogens with one attached hydrogen (secondary N) is 1. The Morgan fingerprint density at radius 1 is 1.43 bits per heavy atom. The molecule has 0 spiro atoms. The zero-order valence-corrected chi connectivity index (χ0v) is 13.6. The number of piperidine rings is 1. The monoisotopic (exact) mass is 319 g/mol. The molecule has 23 heavy (non-hydrogen) atoms. The van der Waals surface area contributed by atoms with Gasteiger partial charge in [0.2, 0.25) is 5.91 Å². The van der Waals surface area contributed by atoms with Crippen LogP contribution < -0.4 is 10.1 Å². The molecule has 6 heteroatoms. The Kier molecular flexibility index (Phi) is 5.13. The minimum Gasteiger partial charge on any atom is -0.497 e. The Balaban J connectivity index is 1.46. The molecule has 0 unspecified atom stereocenters. The number of pyridine rings is 1. The number of nitrogens with zero attached hydrogens (tertiary/aromatic N) is 2. The van der Waals surface area contributed by atoms with Crippen LogP contribution in [0.25, 0.3) is 0 Å². The van der Waals surface area contributed by atoms with E-state index in [4.69, 9.17) is 4.74 Å². The second kappa shape index (κ2) is 7.27. The number of likely N-dealkylation sites (tertiary alicyclic amines) is 1. The summed E-state index contributed by atoms with van der Waals surface area (Å²) in [4.78, 5) is 18.6. The van der Waals surface area contributed by atoms with Crippen LogP contribution in [0.3, 0.4) is 0 Å². The molecule has 0 aromatic carbocycles. The van der Waals surface area contributed by atoms with Crippen molar-refractivity contribution in [2.45, 2.75) is 44.4 Å². The Morgan fingerprint density at radius 3 is 2.83 bits per heavy atom. The fourth-order valence-electron chi connectivity index (χ4n) is 3.05. The van der Waals surface area contributed by atoms with Gasteiger partial charge in [-0.3, -0.25) is 14.7 Å². The summed E-state index contributed by atoms with van der Waals surface area (Å²) in [7, 11) is 1.65. The SMILES string of the molecule is COc1ccnc(CN2CCC([C@H](O)C(=O)NC3CC3)CC2)c1. The summed E-state index contributed by atoms with van der Waals surface area (Å²) >= 11 is 0. The van der Waals surface area contributed by atoms with E-state index >= 15 is 0 Å². The summed E-state index contributed by atoms with van der Waals surface area (Å²) in [6.07, 6.45) is 4.65. The Labute approximate surface area is 136 Å². The fraction of sp³-hybridized carbons (Fsp3) is 0.647. The van der Waals surface area contributed by atoms with E-state index in [0.29, 0.717) is 6.04 Å². The molecule has 1 saturated carbocycles. The third kappa shape index (κ3) is 4.42. The van der Waals surface area contributed by atoms with Crippen LogP contribution in [0.5, 0.6) is 5.75 Å². The van der Waals surface area contributed by atoms with Gasteiger partial charge in [0.15, 0.2) is 0 Å². The molecule has 1 aliphatic carbocycles. The second-order valence-electron chi connectivity index (χ2n) is 6.53. The van der Waals surface area contributed by atoms with Crippen molar-refractivity contribution in [3.63, 3.8) is 0 Å². The maximum absolute atomic E-state index is 11.9. The summed E-state index contributed by atoms with van der Waals surface area (Å²) in [5, 5.41) is 13.1. The quantitative estimate of drug-likeness (QED) is 0.816. The highest BCUT2D eigenvalue weighted by Crippen LogP contribution is 2.24. The average Bonchev–Trinajstić information content (AvgIpc) is 3.39. The zero-order valence-electron chi connectivity index (χ0n) is 13.6. The molecule has 6 nitrogen and oxygen atoms in total. The van der Waals surface area contributed by atoms with Crippen molar-refractivity contribution >= 4 is 5.91 Å². The van der Waals surface area contributed by atoms with E-state index in [-0.39, 0.29) is 11.8 Å². The second-order valence-corrected chi connectivity index (χ2v) is 6.53. The van der Waals surface area contributed by atoms with Crippen molar-refractivity contribution in [1.82, 2.24) is 15.2 Å². The van der Waals surface area contributed by atoms with E-state index in [0.717, 1.165) is 56.8 Å². The molecule has 2 heterocycles. The van der Waals surface area contributed by atoms with Crippen molar-refractivity contribution < 1.29 is 14.6 Å². The third-order valence-electron chi connectivity index (χ3n) is 4.68. The number of ether oxygens (including phenoxy) is 1. The van der Waals surface area contributed by atoms with E-state index in [9.17, 15) is 9.90 Å². The normalized spacial score (nSPS) is 21.0. The summed E-state index contributed by atoms with van der Waals surface area (Å²) in [6.45, 7) is 2.52. The molecule has 1 saturated heterocycles. The molecule has 0 radical (unpaired) electrons. The van der Waals surface area contributed by atoms with Crippen molar-refractivity contribution in [1.29, 1.82) is 0 Å². The molecule has 1 aliphatic heterocycles. The standard InChI is InChI=1S/C17H25N3O3/c1-23-15-4-7-18-14(10-15)11-20-8-5-12(6-9-20)16(21)17(22)19-13-2-3-13/h4,7,10,12-13,16,21H,2-3,5-6,8-9,11H2,1H3,(H,19,22)/t16-/m0/s1. The number of hydrogen-bond donors (Lipinski definition) is 2. The van der Waals surface area contributed by atoms with E-state index in [2.05, 4.69) is 15.2 Å². The number of hydrogen-bond acceptors (Lipinski definition) is 5.